The summed E-state index contributed by atoms with van der Waals surface area (Å²) in [6.45, 7) is 7.40. The average molecular weight is 345 g/mol. The number of amides is 3. The molecule has 0 spiro atoms. The van der Waals surface area contributed by atoms with Crippen molar-refractivity contribution in [2.75, 3.05) is 29.9 Å². The molecular weight excluding hydrogens is 318 g/mol. The van der Waals surface area contributed by atoms with Crippen molar-refractivity contribution in [2.45, 2.75) is 40.0 Å². The first-order chi connectivity index (χ1) is 12.0. The van der Waals surface area contributed by atoms with Crippen LogP contribution in [0.1, 0.15) is 40.0 Å². The Morgan fingerprint density at radius 1 is 1.24 bits per heavy atom. The molecule has 1 aromatic carbocycles. The highest BCUT2D eigenvalue weighted by Gasteiger charge is 2.36. The molecule has 0 aliphatic carbocycles. The Kier molecular flexibility index (Phi) is 6.56. The average Bonchev–Trinajstić information content (AvgIpc) is 2.95. The molecule has 3 amide bonds. The molecule has 1 heterocycles. The topological polar surface area (TPSA) is 69.7 Å². The van der Waals surface area contributed by atoms with E-state index in [2.05, 4.69) is 19.2 Å². The molecule has 6 heteroatoms. The second-order valence-electron chi connectivity index (χ2n) is 6.46. The van der Waals surface area contributed by atoms with Gasteiger partial charge >= 0.3 is 0 Å². The third-order valence-electron chi connectivity index (χ3n) is 4.25. The number of rotatable bonds is 7. The molecule has 136 valence electrons. The van der Waals surface area contributed by atoms with Crippen molar-refractivity contribution in [3.8, 4) is 0 Å². The Hall–Kier alpha value is -2.37. The zero-order valence-electron chi connectivity index (χ0n) is 15.2. The highest BCUT2D eigenvalue weighted by molar-refractivity contribution is 6.01. The maximum atomic E-state index is 12.8. The molecule has 1 saturated heterocycles. The molecule has 1 N–H and O–H groups in total. The van der Waals surface area contributed by atoms with E-state index in [1.54, 1.807) is 23.1 Å². The van der Waals surface area contributed by atoms with Crippen LogP contribution in [0.5, 0.6) is 0 Å². The maximum Gasteiger partial charge on any atom is 0.228 e. The lowest BCUT2D eigenvalue weighted by Gasteiger charge is -2.25. The highest BCUT2D eigenvalue weighted by Crippen LogP contribution is 2.28. The van der Waals surface area contributed by atoms with Gasteiger partial charge in [0.05, 0.1) is 5.92 Å². The summed E-state index contributed by atoms with van der Waals surface area (Å²) in [7, 11) is 0. The van der Waals surface area contributed by atoms with E-state index in [0.717, 1.165) is 25.9 Å². The zero-order valence-corrected chi connectivity index (χ0v) is 15.2. The second kappa shape index (κ2) is 8.65. The molecule has 0 aromatic heterocycles. The van der Waals surface area contributed by atoms with Crippen molar-refractivity contribution in [3.63, 3.8) is 0 Å². The van der Waals surface area contributed by atoms with Crippen LogP contribution < -0.4 is 10.2 Å². The van der Waals surface area contributed by atoms with Crippen molar-refractivity contribution < 1.29 is 14.4 Å². The molecular formula is C19H27N3O3. The van der Waals surface area contributed by atoms with Gasteiger partial charge in [0.1, 0.15) is 0 Å². The fraction of sp³-hybridized carbons (Fsp3) is 0.526. The van der Waals surface area contributed by atoms with Crippen LogP contribution in [-0.4, -0.2) is 42.3 Å². The van der Waals surface area contributed by atoms with Gasteiger partial charge in [-0.25, -0.2) is 0 Å². The number of carbonyl (C=O) groups is 3. The van der Waals surface area contributed by atoms with Crippen molar-refractivity contribution >= 4 is 29.1 Å². The third kappa shape index (κ3) is 4.81. The number of benzene rings is 1. The Balaban J connectivity index is 2.11. The lowest BCUT2D eigenvalue weighted by atomic mass is 10.1. The molecule has 1 atom stereocenters. The molecule has 1 fully saturated rings. The summed E-state index contributed by atoms with van der Waals surface area (Å²) in [6.07, 6.45) is 2.07. The maximum absolute atomic E-state index is 12.8. The van der Waals surface area contributed by atoms with Crippen molar-refractivity contribution in [2.24, 2.45) is 5.92 Å². The summed E-state index contributed by atoms with van der Waals surface area (Å²) >= 11 is 0. The smallest absolute Gasteiger partial charge is 0.228 e. The van der Waals surface area contributed by atoms with Gasteiger partial charge in [0.2, 0.25) is 17.7 Å². The Bertz CT molecular complexity index is 639. The number of anilines is 2. The summed E-state index contributed by atoms with van der Waals surface area (Å²) in [6, 6.07) is 7.16. The van der Waals surface area contributed by atoms with Gasteiger partial charge in [0.15, 0.2) is 0 Å². The lowest BCUT2D eigenvalue weighted by molar-refractivity contribution is -0.135. The number of nitrogens with zero attached hydrogens (tertiary/aromatic N) is 2. The van der Waals surface area contributed by atoms with Crippen LogP contribution in [0.3, 0.4) is 0 Å². The minimum atomic E-state index is -0.296. The van der Waals surface area contributed by atoms with Crippen molar-refractivity contribution in [3.05, 3.63) is 24.3 Å². The molecule has 1 unspecified atom stereocenters. The van der Waals surface area contributed by atoms with Gasteiger partial charge < -0.3 is 15.1 Å². The first-order valence-corrected chi connectivity index (χ1v) is 8.93. The van der Waals surface area contributed by atoms with Crippen LogP contribution in [0.2, 0.25) is 0 Å². The molecule has 0 saturated carbocycles. The monoisotopic (exact) mass is 345 g/mol. The molecule has 6 nitrogen and oxygen atoms in total. The number of nitrogens with one attached hydrogen (secondary N) is 1. The Morgan fingerprint density at radius 2 is 1.92 bits per heavy atom. The fourth-order valence-corrected chi connectivity index (χ4v) is 3.21. The van der Waals surface area contributed by atoms with E-state index in [1.165, 1.54) is 6.92 Å². The normalized spacial score (nSPS) is 16.8. The molecule has 0 bridgehead atoms. The summed E-state index contributed by atoms with van der Waals surface area (Å²) in [5.74, 6) is -0.438. The van der Waals surface area contributed by atoms with E-state index < -0.39 is 0 Å². The minimum Gasteiger partial charge on any atom is -0.342 e. The standard InChI is InChI=1S/C19H27N3O3/c1-4-9-21(10-5-2)19(25)15-11-18(24)22(13-15)17-8-6-7-16(12-17)20-14(3)23/h6-8,12,15H,4-5,9-11,13H2,1-3H3,(H,20,23). The zero-order chi connectivity index (χ0) is 18.4. The van der Waals surface area contributed by atoms with Gasteiger partial charge in [-0.1, -0.05) is 19.9 Å². The van der Waals surface area contributed by atoms with Crippen LogP contribution in [0.4, 0.5) is 11.4 Å². The van der Waals surface area contributed by atoms with Crippen LogP contribution in [0.15, 0.2) is 24.3 Å². The second-order valence-corrected chi connectivity index (χ2v) is 6.46. The largest absolute Gasteiger partial charge is 0.342 e. The SMILES string of the molecule is CCCN(CCC)C(=O)C1CC(=O)N(c2cccc(NC(C)=O)c2)C1. The summed E-state index contributed by atoms with van der Waals surface area (Å²) < 4.78 is 0. The van der Waals surface area contributed by atoms with E-state index in [1.807, 2.05) is 11.0 Å². The highest BCUT2D eigenvalue weighted by atomic mass is 16.2. The van der Waals surface area contributed by atoms with Crippen molar-refractivity contribution in [1.82, 2.24) is 4.90 Å². The van der Waals surface area contributed by atoms with Gasteiger partial charge in [-0.3, -0.25) is 14.4 Å². The molecule has 0 radical (unpaired) electrons. The van der Waals surface area contributed by atoms with E-state index in [4.69, 9.17) is 0 Å². The first kappa shape index (κ1) is 19.0. The van der Waals surface area contributed by atoms with Gasteiger partial charge in [0, 0.05) is 44.4 Å². The third-order valence-corrected chi connectivity index (χ3v) is 4.25. The molecule has 1 aliphatic heterocycles. The summed E-state index contributed by atoms with van der Waals surface area (Å²) in [5.41, 5.74) is 1.36. The predicted octanol–water partition coefficient (Wildman–Crippen LogP) is 2.65. The van der Waals surface area contributed by atoms with E-state index >= 15 is 0 Å². The Labute approximate surface area is 149 Å². The predicted molar refractivity (Wildman–Crippen MR) is 98.4 cm³/mol. The van der Waals surface area contributed by atoms with Crippen molar-refractivity contribution in [1.29, 1.82) is 0 Å². The van der Waals surface area contributed by atoms with E-state index in [-0.39, 0.29) is 30.1 Å². The lowest BCUT2D eigenvalue weighted by Crippen LogP contribution is -2.38. The quantitative estimate of drug-likeness (QED) is 0.826. The first-order valence-electron chi connectivity index (χ1n) is 8.93. The van der Waals surface area contributed by atoms with Crippen LogP contribution >= 0.6 is 0 Å². The Morgan fingerprint density at radius 3 is 2.52 bits per heavy atom. The fourth-order valence-electron chi connectivity index (χ4n) is 3.21. The van der Waals surface area contributed by atoms with Crippen LogP contribution in [-0.2, 0) is 14.4 Å². The number of carbonyl (C=O) groups excluding carboxylic acids is 3. The van der Waals surface area contributed by atoms with Crippen LogP contribution in [0.25, 0.3) is 0 Å². The molecule has 1 aliphatic rings. The summed E-state index contributed by atoms with van der Waals surface area (Å²) in [5, 5.41) is 2.72. The van der Waals surface area contributed by atoms with E-state index in [0.29, 0.717) is 17.9 Å². The van der Waals surface area contributed by atoms with Gasteiger partial charge in [-0.05, 0) is 31.0 Å². The van der Waals surface area contributed by atoms with E-state index in [9.17, 15) is 14.4 Å². The minimum absolute atomic E-state index is 0.0497. The molecule has 2 rings (SSSR count). The van der Waals surface area contributed by atoms with Gasteiger partial charge in [0.25, 0.3) is 0 Å². The summed E-state index contributed by atoms with van der Waals surface area (Å²) in [4.78, 5) is 39.9. The molecule has 25 heavy (non-hydrogen) atoms. The van der Waals surface area contributed by atoms with Gasteiger partial charge in [-0.15, -0.1) is 0 Å². The van der Waals surface area contributed by atoms with Crippen LogP contribution in [0, 0.1) is 5.92 Å². The number of hydrogen-bond acceptors (Lipinski definition) is 3. The number of hydrogen-bond donors (Lipinski definition) is 1. The molecule has 1 aromatic rings. The van der Waals surface area contributed by atoms with Gasteiger partial charge in [-0.2, -0.15) is 0 Å².